The van der Waals surface area contributed by atoms with Gasteiger partial charge in [0.05, 0.1) is 13.7 Å². The molecule has 0 N–H and O–H groups in total. The molecule has 0 amide bonds. The fourth-order valence-electron chi connectivity index (χ4n) is 4.39. The second kappa shape index (κ2) is 8.40. The van der Waals surface area contributed by atoms with Crippen molar-refractivity contribution in [3.8, 4) is 5.75 Å². The maximum Gasteiger partial charge on any atom is 0.146 e. The van der Waals surface area contributed by atoms with E-state index < -0.39 is 0 Å². The lowest BCUT2D eigenvalue weighted by molar-refractivity contribution is 0.200. The number of likely N-dealkylation sites (tertiary alicyclic amines) is 2. The van der Waals surface area contributed by atoms with Gasteiger partial charge < -0.3 is 9.30 Å². The Bertz CT molecular complexity index is 745. The maximum absolute atomic E-state index is 5.34. The van der Waals surface area contributed by atoms with Gasteiger partial charge in [0, 0.05) is 19.5 Å². The van der Waals surface area contributed by atoms with Crippen LogP contribution in [0.5, 0.6) is 5.75 Å². The highest BCUT2D eigenvalue weighted by molar-refractivity contribution is 5.28. The third-order valence-electron chi connectivity index (χ3n) is 6.06. The van der Waals surface area contributed by atoms with E-state index in [9.17, 15) is 0 Å². The summed E-state index contributed by atoms with van der Waals surface area (Å²) in [7, 11) is 3.87. The SMILES string of the molecule is COc1cccc(CN2CCC(c3nnc(CN4CCCC4)n3C)CC2)c1. The van der Waals surface area contributed by atoms with Gasteiger partial charge in [-0.1, -0.05) is 12.1 Å². The van der Waals surface area contributed by atoms with E-state index in [2.05, 4.69) is 49.8 Å². The van der Waals surface area contributed by atoms with Crippen LogP contribution >= 0.6 is 0 Å². The van der Waals surface area contributed by atoms with Crippen molar-refractivity contribution in [2.75, 3.05) is 33.3 Å². The molecular weight excluding hydrogens is 338 g/mol. The van der Waals surface area contributed by atoms with Gasteiger partial charge in [-0.25, -0.2) is 0 Å². The zero-order valence-electron chi connectivity index (χ0n) is 16.6. The highest BCUT2D eigenvalue weighted by atomic mass is 16.5. The van der Waals surface area contributed by atoms with Crippen LogP contribution in [-0.4, -0.2) is 57.9 Å². The third-order valence-corrected chi connectivity index (χ3v) is 6.06. The lowest BCUT2D eigenvalue weighted by Crippen LogP contribution is -2.33. The maximum atomic E-state index is 5.34. The molecule has 2 saturated heterocycles. The van der Waals surface area contributed by atoms with Gasteiger partial charge in [-0.15, -0.1) is 10.2 Å². The number of ether oxygens (including phenoxy) is 1. The molecule has 27 heavy (non-hydrogen) atoms. The Kier molecular flexibility index (Phi) is 5.74. The van der Waals surface area contributed by atoms with Crippen LogP contribution in [0.4, 0.5) is 0 Å². The van der Waals surface area contributed by atoms with Crippen LogP contribution in [0.2, 0.25) is 0 Å². The summed E-state index contributed by atoms with van der Waals surface area (Å²) in [5.41, 5.74) is 1.32. The second-order valence-corrected chi connectivity index (χ2v) is 7.92. The lowest BCUT2D eigenvalue weighted by atomic mass is 9.95. The van der Waals surface area contributed by atoms with Crippen molar-refractivity contribution < 1.29 is 4.74 Å². The molecule has 0 aliphatic carbocycles. The number of nitrogens with zero attached hydrogens (tertiary/aromatic N) is 5. The van der Waals surface area contributed by atoms with Gasteiger partial charge in [0.15, 0.2) is 0 Å². The first-order chi connectivity index (χ1) is 13.2. The van der Waals surface area contributed by atoms with Gasteiger partial charge >= 0.3 is 0 Å². The molecular formula is C21H31N5O. The second-order valence-electron chi connectivity index (χ2n) is 7.92. The third kappa shape index (κ3) is 4.33. The Hall–Kier alpha value is -1.92. The van der Waals surface area contributed by atoms with Crippen LogP contribution in [-0.2, 0) is 20.1 Å². The zero-order chi connectivity index (χ0) is 18.6. The standard InChI is InChI=1S/C21H31N5O/c1-24-20(16-25-10-3-4-11-25)22-23-21(24)18-8-12-26(13-9-18)15-17-6-5-7-19(14-17)27-2/h5-7,14,18H,3-4,8-13,15-16H2,1-2H3. The largest absolute Gasteiger partial charge is 0.497 e. The highest BCUT2D eigenvalue weighted by Crippen LogP contribution is 2.28. The monoisotopic (exact) mass is 369 g/mol. The molecule has 0 unspecified atom stereocenters. The molecule has 0 radical (unpaired) electrons. The Morgan fingerprint density at radius 3 is 2.48 bits per heavy atom. The van der Waals surface area contributed by atoms with Gasteiger partial charge in [0.1, 0.15) is 17.4 Å². The first-order valence-electron chi connectivity index (χ1n) is 10.2. The van der Waals surface area contributed by atoms with Gasteiger partial charge in [0.2, 0.25) is 0 Å². The summed E-state index contributed by atoms with van der Waals surface area (Å²) < 4.78 is 7.59. The minimum Gasteiger partial charge on any atom is -0.497 e. The van der Waals surface area contributed by atoms with E-state index >= 15 is 0 Å². The Labute approximate surface area is 162 Å². The molecule has 0 bridgehead atoms. The molecule has 3 heterocycles. The van der Waals surface area contributed by atoms with Gasteiger partial charge in [0.25, 0.3) is 0 Å². The van der Waals surface area contributed by atoms with Crippen molar-refractivity contribution in [3.63, 3.8) is 0 Å². The lowest BCUT2D eigenvalue weighted by Gasteiger charge is -2.31. The number of hydrogen-bond donors (Lipinski definition) is 0. The molecule has 2 aromatic rings. The topological polar surface area (TPSA) is 46.4 Å². The van der Waals surface area contributed by atoms with E-state index in [1.54, 1.807) is 7.11 Å². The fraction of sp³-hybridized carbons (Fsp3) is 0.619. The smallest absolute Gasteiger partial charge is 0.146 e. The predicted octanol–water partition coefficient (Wildman–Crippen LogP) is 2.80. The minimum atomic E-state index is 0.524. The molecule has 6 heteroatoms. The van der Waals surface area contributed by atoms with Crippen LogP contribution in [0.25, 0.3) is 0 Å². The van der Waals surface area contributed by atoms with Gasteiger partial charge in [-0.2, -0.15) is 0 Å². The molecule has 2 fully saturated rings. The zero-order valence-corrected chi connectivity index (χ0v) is 16.6. The summed E-state index contributed by atoms with van der Waals surface area (Å²) in [4.78, 5) is 5.03. The molecule has 0 atom stereocenters. The number of rotatable bonds is 6. The van der Waals surface area contributed by atoms with E-state index in [1.807, 2.05) is 6.07 Å². The van der Waals surface area contributed by atoms with Crippen molar-refractivity contribution in [1.82, 2.24) is 24.6 Å². The van der Waals surface area contributed by atoms with Crippen LogP contribution in [0.1, 0.15) is 48.8 Å². The average molecular weight is 370 g/mol. The first-order valence-corrected chi connectivity index (χ1v) is 10.2. The molecule has 1 aromatic heterocycles. The van der Waals surface area contributed by atoms with Crippen molar-refractivity contribution in [3.05, 3.63) is 41.5 Å². The quantitative estimate of drug-likeness (QED) is 0.784. The van der Waals surface area contributed by atoms with Crippen molar-refractivity contribution in [2.45, 2.75) is 44.7 Å². The van der Waals surface area contributed by atoms with E-state index in [0.717, 1.165) is 50.6 Å². The summed E-state index contributed by atoms with van der Waals surface area (Å²) in [5, 5.41) is 9.07. The van der Waals surface area contributed by atoms with Gasteiger partial charge in [-0.05, 0) is 69.6 Å². The summed E-state index contributed by atoms with van der Waals surface area (Å²) in [6.07, 6.45) is 4.94. The fourth-order valence-corrected chi connectivity index (χ4v) is 4.39. The van der Waals surface area contributed by atoms with Crippen molar-refractivity contribution >= 4 is 0 Å². The molecule has 146 valence electrons. The van der Waals surface area contributed by atoms with Crippen LogP contribution in [0.3, 0.4) is 0 Å². The van der Waals surface area contributed by atoms with E-state index in [1.165, 1.54) is 37.3 Å². The normalized spacial score (nSPS) is 19.6. The average Bonchev–Trinajstić information content (AvgIpc) is 3.34. The van der Waals surface area contributed by atoms with E-state index in [0.29, 0.717) is 5.92 Å². The van der Waals surface area contributed by atoms with E-state index in [-0.39, 0.29) is 0 Å². The minimum absolute atomic E-state index is 0.524. The summed E-state index contributed by atoms with van der Waals surface area (Å²) in [6, 6.07) is 8.40. The van der Waals surface area contributed by atoms with Crippen molar-refractivity contribution in [2.24, 2.45) is 7.05 Å². The molecule has 0 saturated carbocycles. The number of benzene rings is 1. The molecule has 2 aliphatic heterocycles. The van der Waals surface area contributed by atoms with Crippen molar-refractivity contribution in [1.29, 1.82) is 0 Å². The molecule has 1 aromatic carbocycles. The number of methoxy groups -OCH3 is 1. The Morgan fingerprint density at radius 1 is 1.00 bits per heavy atom. The van der Waals surface area contributed by atoms with E-state index in [4.69, 9.17) is 4.74 Å². The summed E-state index contributed by atoms with van der Waals surface area (Å²) in [6.45, 7) is 6.54. The number of piperidine rings is 1. The Balaban J connectivity index is 1.33. The first kappa shape index (κ1) is 18.4. The number of hydrogen-bond acceptors (Lipinski definition) is 5. The predicted molar refractivity (Wildman–Crippen MR) is 106 cm³/mol. The van der Waals surface area contributed by atoms with Crippen LogP contribution in [0, 0.1) is 0 Å². The highest BCUT2D eigenvalue weighted by Gasteiger charge is 2.26. The van der Waals surface area contributed by atoms with Crippen LogP contribution in [0.15, 0.2) is 24.3 Å². The Morgan fingerprint density at radius 2 is 1.74 bits per heavy atom. The number of aromatic nitrogens is 3. The summed E-state index contributed by atoms with van der Waals surface area (Å²) >= 11 is 0. The van der Waals surface area contributed by atoms with Crippen LogP contribution < -0.4 is 4.74 Å². The molecule has 2 aliphatic rings. The molecule has 0 spiro atoms. The molecule has 6 nitrogen and oxygen atoms in total. The summed E-state index contributed by atoms with van der Waals surface area (Å²) in [5.74, 6) is 3.75. The molecule has 4 rings (SSSR count). The van der Waals surface area contributed by atoms with Gasteiger partial charge in [-0.3, -0.25) is 9.80 Å².